The lowest BCUT2D eigenvalue weighted by Gasteiger charge is -2.20. The van der Waals surface area contributed by atoms with Crippen LogP contribution in [0.4, 0.5) is 5.69 Å². The molecule has 5 heteroatoms. The Kier molecular flexibility index (Phi) is 2.61. The number of rotatable bonds is 1. The summed E-state index contributed by atoms with van der Waals surface area (Å²) in [6.45, 7) is 8.18. The lowest BCUT2D eigenvalue weighted by atomic mass is 10.1. The van der Waals surface area contributed by atoms with E-state index in [2.05, 4.69) is 36.3 Å². The van der Waals surface area contributed by atoms with Crippen LogP contribution in [0.5, 0.6) is 0 Å². The molecule has 0 aliphatic rings. The number of nitrogen functional groups attached to an aromatic ring is 1. The van der Waals surface area contributed by atoms with Gasteiger partial charge in [-0.05, 0) is 61.9 Å². The summed E-state index contributed by atoms with van der Waals surface area (Å²) in [5.74, 6) is 0.764. The molecule has 0 saturated heterocycles. The van der Waals surface area contributed by atoms with E-state index in [4.69, 9.17) is 5.73 Å². The molecular formula is C12H17N5. The maximum atomic E-state index is 5.81. The fraction of sp³-hybridized carbons (Fsp3) is 0.417. The quantitative estimate of drug-likeness (QED) is 0.762. The van der Waals surface area contributed by atoms with Gasteiger partial charge in [-0.1, -0.05) is 0 Å². The summed E-state index contributed by atoms with van der Waals surface area (Å²) in [6.07, 6.45) is 0. The largest absolute Gasteiger partial charge is 0.399 e. The third kappa shape index (κ3) is 2.13. The van der Waals surface area contributed by atoms with Crippen LogP contribution in [0.3, 0.4) is 0 Å². The normalized spacial score (nSPS) is 11.8. The number of hydrogen-bond donors (Lipinski definition) is 1. The average molecular weight is 231 g/mol. The second-order valence-corrected chi connectivity index (χ2v) is 5.16. The first-order chi connectivity index (χ1) is 7.89. The lowest BCUT2D eigenvalue weighted by molar-refractivity contribution is 0.351. The fourth-order valence-corrected chi connectivity index (χ4v) is 1.63. The number of tetrazole rings is 1. The van der Waals surface area contributed by atoms with Gasteiger partial charge in [-0.15, -0.1) is 5.10 Å². The second-order valence-electron chi connectivity index (χ2n) is 5.16. The maximum Gasteiger partial charge on any atom is 0.182 e. The van der Waals surface area contributed by atoms with E-state index in [0.29, 0.717) is 0 Å². The van der Waals surface area contributed by atoms with Crippen LogP contribution in [0.1, 0.15) is 26.3 Å². The van der Waals surface area contributed by atoms with Gasteiger partial charge in [0.1, 0.15) is 0 Å². The highest BCUT2D eigenvalue weighted by molar-refractivity contribution is 5.62. The Bertz CT molecular complexity index is 536. The molecule has 90 valence electrons. The van der Waals surface area contributed by atoms with E-state index in [1.165, 1.54) is 0 Å². The molecular weight excluding hydrogens is 214 g/mol. The Morgan fingerprint density at radius 3 is 2.53 bits per heavy atom. The topological polar surface area (TPSA) is 69.6 Å². The van der Waals surface area contributed by atoms with Crippen LogP contribution in [0.2, 0.25) is 0 Å². The number of anilines is 1. The predicted octanol–water partition coefficient (Wildman–Crippen LogP) is 1.99. The van der Waals surface area contributed by atoms with Crippen LogP contribution in [0.15, 0.2) is 18.2 Å². The smallest absolute Gasteiger partial charge is 0.182 e. The van der Waals surface area contributed by atoms with Gasteiger partial charge in [-0.3, -0.25) is 0 Å². The number of nitrogens with two attached hydrogens (primary N) is 1. The Morgan fingerprint density at radius 1 is 1.24 bits per heavy atom. The number of nitrogens with zero attached hydrogens (tertiary/aromatic N) is 4. The molecule has 0 saturated carbocycles. The monoisotopic (exact) mass is 231 g/mol. The van der Waals surface area contributed by atoms with Gasteiger partial charge in [0.25, 0.3) is 0 Å². The van der Waals surface area contributed by atoms with Gasteiger partial charge in [-0.25, -0.2) is 4.68 Å². The summed E-state index contributed by atoms with van der Waals surface area (Å²) < 4.78 is 1.82. The van der Waals surface area contributed by atoms with Crippen molar-refractivity contribution >= 4 is 5.69 Å². The van der Waals surface area contributed by atoms with Gasteiger partial charge in [0.2, 0.25) is 0 Å². The van der Waals surface area contributed by atoms with E-state index in [1.54, 1.807) is 0 Å². The second kappa shape index (κ2) is 3.84. The Balaban J connectivity index is 2.54. The highest BCUT2D eigenvalue weighted by atomic mass is 15.6. The summed E-state index contributed by atoms with van der Waals surface area (Å²) in [6, 6.07) is 5.83. The fourth-order valence-electron chi connectivity index (χ4n) is 1.63. The molecule has 1 aromatic carbocycles. The molecule has 0 aliphatic heterocycles. The highest BCUT2D eigenvalue weighted by Crippen LogP contribution is 2.24. The zero-order valence-corrected chi connectivity index (χ0v) is 10.6. The summed E-state index contributed by atoms with van der Waals surface area (Å²) in [4.78, 5) is 0. The Morgan fingerprint density at radius 2 is 1.94 bits per heavy atom. The standard InChI is InChI=1S/C12H17N5/c1-8-7-9(5-6-10(8)13)11-14-15-16-17(11)12(2,3)4/h5-7H,13H2,1-4H3. The van der Waals surface area contributed by atoms with Crippen molar-refractivity contribution in [2.45, 2.75) is 33.2 Å². The molecule has 0 fully saturated rings. The van der Waals surface area contributed by atoms with Gasteiger partial charge >= 0.3 is 0 Å². The molecule has 0 amide bonds. The first-order valence-electron chi connectivity index (χ1n) is 5.55. The number of benzene rings is 1. The van der Waals surface area contributed by atoms with Crippen molar-refractivity contribution < 1.29 is 0 Å². The lowest BCUT2D eigenvalue weighted by Crippen LogP contribution is -2.24. The van der Waals surface area contributed by atoms with Crippen molar-refractivity contribution in [3.05, 3.63) is 23.8 Å². The van der Waals surface area contributed by atoms with Crippen molar-refractivity contribution in [3.8, 4) is 11.4 Å². The average Bonchev–Trinajstić information content (AvgIpc) is 2.70. The van der Waals surface area contributed by atoms with Crippen molar-refractivity contribution in [1.82, 2.24) is 20.2 Å². The first kappa shape index (κ1) is 11.6. The summed E-state index contributed by atoms with van der Waals surface area (Å²) in [5, 5.41) is 11.9. The Labute approximate surface area is 101 Å². The van der Waals surface area contributed by atoms with Crippen molar-refractivity contribution in [1.29, 1.82) is 0 Å². The number of aromatic nitrogens is 4. The molecule has 2 N–H and O–H groups in total. The zero-order chi connectivity index (χ0) is 12.6. The molecule has 0 unspecified atom stereocenters. The van der Waals surface area contributed by atoms with E-state index >= 15 is 0 Å². The zero-order valence-electron chi connectivity index (χ0n) is 10.6. The highest BCUT2D eigenvalue weighted by Gasteiger charge is 2.20. The molecule has 1 aromatic heterocycles. The minimum Gasteiger partial charge on any atom is -0.399 e. The molecule has 2 aromatic rings. The molecule has 17 heavy (non-hydrogen) atoms. The van der Waals surface area contributed by atoms with Crippen molar-refractivity contribution in [2.24, 2.45) is 0 Å². The van der Waals surface area contributed by atoms with Crippen LogP contribution < -0.4 is 5.73 Å². The molecule has 0 radical (unpaired) electrons. The summed E-state index contributed by atoms with van der Waals surface area (Å²) >= 11 is 0. The minimum absolute atomic E-state index is 0.145. The number of hydrogen-bond acceptors (Lipinski definition) is 4. The van der Waals surface area contributed by atoms with E-state index < -0.39 is 0 Å². The van der Waals surface area contributed by atoms with E-state index in [1.807, 2.05) is 29.8 Å². The Hall–Kier alpha value is -1.91. The van der Waals surface area contributed by atoms with E-state index in [-0.39, 0.29) is 5.54 Å². The molecule has 0 spiro atoms. The van der Waals surface area contributed by atoms with Crippen LogP contribution in [0.25, 0.3) is 11.4 Å². The third-order valence-electron chi connectivity index (χ3n) is 2.63. The van der Waals surface area contributed by atoms with Gasteiger partial charge in [-0.2, -0.15) is 0 Å². The molecule has 2 rings (SSSR count). The van der Waals surface area contributed by atoms with Crippen LogP contribution in [-0.4, -0.2) is 20.2 Å². The molecule has 5 nitrogen and oxygen atoms in total. The number of aryl methyl sites for hydroxylation is 1. The van der Waals surface area contributed by atoms with Gasteiger partial charge in [0.15, 0.2) is 5.82 Å². The van der Waals surface area contributed by atoms with Crippen LogP contribution >= 0.6 is 0 Å². The molecule has 0 bridgehead atoms. The third-order valence-corrected chi connectivity index (χ3v) is 2.63. The minimum atomic E-state index is -0.145. The molecule has 1 heterocycles. The van der Waals surface area contributed by atoms with E-state index in [9.17, 15) is 0 Å². The first-order valence-corrected chi connectivity index (χ1v) is 5.55. The van der Waals surface area contributed by atoms with Crippen LogP contribution in [0, 0.1) is 6.92 Å². The predicted molar refractivity (Wildman–Crippen MR) is 67.4 cm³/mol. The van der Waals surface area contributed by atoms with E-state index in [0.717, 1.165) is 22.6 Å². The van der Waals surface area contributed by atoms with Crippen LogP contribution in [-0.2, 0) is 5.54 Å². The summed E-state index contributed by atoms with van der Waals surface area (Å²) in [5.41, 5.74) is 8.46. The maximum absolute atomic E-state index is 5.81. The van der Waals surface area contributed by atoms with Gasteiger partial charge in [0, 0.05) is 11.3 Å². The van der Waals surface area contributed by atoms with Gasteiger partial charge < -0.3 is 5.73 Å². The molecule has 0 aliphatic carbocycles. The summed E-state index contributed by atoms with van der Waals surface area (Å²) in [7, 11) is 0. The van der Waals surface area contributed by atoms with Crippen molar-refractivity contribution in [3.63, 3.8) is 0 Å². The molecule has 0 atom stereocenters. The van der Waals surface area contributed by atoms with Crippen molar-refractivity contribution in [2.75, 3.05) is 5.73 Å². The SMILES string of the molecule is Cc1cc(-c2nnnn2C(C)(C)C)ccc1N. The van der Waals surface area contributed by atoms with Gasteiger partial charge in [0.05, 0.1) is 5.54 Å².